The van der Waals surface area contributed by atoms with E-state index in [2.05, 4.69) is 21.5 Å². The summed E-state index contributed by atoms with van der Waals surface area (Å²) in [6.07, 6.45) is 0.891. The number of benzene rings is 2. The molecular formula is C28H23ClF3N5O. The highest BCUT2D eigenvalue weighted by atomic mass is 35.5. The summed E-state index contributed by atoms with van der Waals surface area (Å²) in [6.45, 7) is 1.66. The van der Waals surface area contributed by atoms with Crippen molar-refractivity contribution in [3.05, 3.63) is 76.6 Å². The minimum absolute atomic E-state index is 0.212. The third-order valence-corrected chi connectivity index (χ3v) is 7.30. The van der Waals surface area contributed by atoms with Gasteiger partial charge < -0.3 is 5.32 Å². The van der Waals surface area contributed by atoms with Gasteiger partial charge in [-0.2, -0.15) is 23.5 Å². The molecule has 0 aliphatic heterocycles. The average molecular weight is 538 g/mol. The van der Waals surface area contributed by atoms with Gasteiger partial charge in [0.1, 0.15) is 11.1 Å². The van der Waals surface area contributed by atoms with Gasteiger partial charge in [-0.05, 0) is 38.0 Å². The molecule has 194 valence electrons. The molecule has 0 saturated heterocycles. The van der Waals surface area contributed by atoms with Gasteiger partial charge in [0, 0.05) is 27.9 Å². The van der Waals surface area contributed by atoms with Crippen LogP contribution in [0.15, 0.2) is 54.7 Å². The summed E-state index contributed by atoms with van der Waals surface area (Å²) in [5.74, 6) is -0.461. The zero-order chi connectivity index (χ0) is 27.1. The molecule has 6 nitrogen and oxygen atoms in total. The molecule has 0 unspecified atom stereocenters. The number of nitriles is 1. The van der Waals surface area contributed by atoms with Crippen LogP contribution in [0.5, 0.6) is 0 Å². The number of hydrogen-bond acceptors (Lipinski definition) is 4. The van der Waals surface area contributed by atoms with Crippen LogP contribution in [0.4, 0.5) is 13.2 Å². The Morgan fingerprint density at radius 1 is 1.08 bits per heavy atom. The Morgan fingerprint density at radius 2 is 1.76 bits per heavy atom. The van der Waals surface area contributed by atoms with E-state index in [0.29, 0.717) is 45.9 Å². The Morgan fingerprint density at radius 3 is 2.39 bits per heavy atom. The van der Waals surface area contributed by atoms with Crippen molar-refractivity contribution in [1.29, 1.82) is 5.26 Å². The second-order valence-electron chi connectivity index (χ2n) is 9.48. The van der Waals surface area contributed by atoms with Crippen molar-refractivity contribution in [2.45, 2.75) is 50.7 Å². The number of rotatable bonds is 4. The molecule has 1 amide bonds. The normalized spacial score (nSPS) is 15.3. The van der Waals surface area contributed by atoms with E-state index < -0.39 is 23.2 Å². The number of nitrogens with one attached hydrogen (secondary N) is 1. The molecule has 2 heterocycles. The Hall–Kier alpha value is -3.90. The maximum absolute atomic E-state index is 13.5. The summed E-state index contributed by atoms with van der Waals surface area (Å²) in [7, 11) is 0. The molecule has 2 aromatic carbocycles. The van der Waals surface area contributed by atoms with E-state index in [4.69, 9.17) is 11.6 Å². The van der Waals surface area contributed by atoms with Gasteiger partial charge in [0.2, 0.25) is 0 Å². The fourth-order valence-electron chi connectivity index (χ4n) is 5.03. The quantitative estimate of drug-likeness (QED) is 0.304. The van der Waals surface area contributed by atoms with Crippen LogP contribution < -0.4 is 5.32 Å². The van der Waals surface area contributed by atoms with Gasteiger partial charge in [0.05, 0.1) is 23.0 Å². The molecular weight excluding hydrogens is 515 g/mol. The molecule has 5 rings (SSSR count). The van der Waals surface area contributed by atoms with Gasteiger partial charge in [0.25, 0.3) is 5.91 Å². The van der Waals surface area contributed by atoms with Crippen molar-refractivity contribution in [2.24, 2.45) is 0 Å². The van der Waals surface area contributed by atoms with Crippen molar-refractivity contribution < 1.29 is 18.0 Å². The van der Waals surface area contributed by atoms with E-state index in [1.807, 2.05) is 0 Å². The second kappa shape index (κ2) is 9.76. The number of alkyl halides is 3. The van der Waals surface area contributed by atoms with Crippen LogP contribution in [0.25, 0.3) is 28.0 Å². The summed E-state index contributed by atoms with van der Waals surface area (Å²) in [6, 6.07) is 14.1. The standard InChI is InChI=1S/C28H23ClF3N5O/c1-17-23(26(38)35-27(16-33)13-5-2-6-14-27)25-34-15-21(20-7-3-4-8-22(20)29)24(37(25)36-17)18-9-11-19(12-10-18)28(30,31)32/h3-4,7-12,15H,2,5-6,13-14H2,1H3,(H,35,38). The van der Waals surface area contributed by atoms with Crippen molar-refractivity contribution in [3.63, 3.8) is 0 Å². The Labute approximate surface area is 222 Å². The summed E-state index contributed by atoms with van der Waals surface area (Å²) < 4.78 is 41.2. The fraction of sp³-hybridized carbons (Fsp3) is 0.286. The van der Waals surface area contributed by atoms with Gasteiger partial charge in [0.15, 0.2) is 5.65 Å². The van der Waals surface area contributed by atoms with E-state index in [9.17, 15) is 23.2 Å². The van der Waals surface area contributed by atoms with E-state index >= 15 is 0 Å². The topological polar surface area (TPSA) is 83.1 Å². The molecule has 2 aromatic heterocycles. The molecule has 1 fully saturated rings. The monoisotopic (exact) mass is 537 g/mol. The van der Waals surface area contributed by atoms with Crippen LogP contribution in [-0.4, -0.2) is 26.0 Å². The lowest BCUT2D eigenvalue weighted by atomic mass is 9.82. The molecule has 0 bridgehead atoms. The molecule has 38 heavy (non-hydrogen) atoms. The van der Waals surface area contributed by atoms with Crippen LogP contribution in [0.1, 0.15) is 53.7 Å². The van der Waals surface area contributed by atoms with Crippen LogP contribution in [-0.2, 0) is 6.18 Å². The highest BCUT2D eigenvalue weighted by Gasteiger charge is 2.36. The molecule has 1 aliphatic carbocycles. The zero-order valence-electron chi connectivity index (χ0n) is 20.4. The highest BCUT2D eigenvalue weighted by molar-refractivity contribution is 6.33. The minimum atomic E-state index is -4.49. The molecule has 0 radical (unpaired) electrons. The lowest BCUT2D eigenvalue weighted by Gasteiger charge is -2.31. The molecule has 10 heteroatoms. The smallest absolute Gasteiger partial charge is 0.334 e. The van der Waals surface area contributed by atoms with Crippen LogP contribution in [0, 0.1) is 18.3 Å². The lowest BCUT2D eigenvalue weighted by molar-refractivity contribution is -0.137. The maximum atomic E-state index is 13.5. The average Bonchev–Trinajstić information content (AvgIpc) is 3.24. The predicted octanol–water partition coefficient (Wildman–Crippen LogP) is 7.00. The zero-order valence-corrected chi connectivity index (χ0v) is 21.2. The van der Waals surface area contributed by atoms with Gasteiger partial charge >= 0.3 is 6.18 Å². The largest absolute Gasteiger partial charge is 0.416 e. The first-order valence-corrected chi connectivity index (χ1v) is 12.6. The maximum Gasteiger partial charge on any atom is 0.416 e. The molecule has 0 spiro atoms. The highest BCUT2D eigenvalue weighted by Crippen LogP contribution is 2.38. The Kier molecular flexibility index (Phi) is 6.61. The van der Waals surface area contributed by atoms with E-state index in [0.717, 1.165) is 31.4 Å². The van der Waals surface area contributed by atoms with Crippen molar-refractivity contribution >= 4 is 23.2 Å². The number of aromatic nitrogens is 3. The minimum Gasteiger partial charge on any atom is -0.334 e. The SMILES string of the molecule is Cc1nn2c(-c3ccc(C(F)(F)F)cc3)c(-c3ccccc3Cl)cnc2c1C(=O)NC1(C#N)CCCCC1. The number of hydrogen-bond donors (Lipinski definition) is 1. The first-order chi connectivity index (χ1) is 18.1. The van der Waals surface area contributed by atoms with Gasteiger partial charge in [-0.3, -0.25) is 4.79 Å². The van der Waals surface area contributed by atoms with Gasteiger partial charge in [-0.15, -0.1) is 0 Å². The first-order valence-electron chi connectivity index (χ1n) is 12.2. The number of nitrogens with zero attached hydrogens (tertiary/aromatic N) is 4. The van der Waals surface area contributed by atoms with Gasteiger partial charge in [-0.1, -0.05) is 61.2 Å². The summed E-state index contributed by atoms with van der Waals surface area (Å²) in [4.78, 5) is 18.0. The predicted molar refractivity (Wildman–Crippen MR) is 138 cm³/mol. The fourth-order valence-corrected chi connectivity index (χ4v) is 5.27. The summed E-state index contributed by atoms with van der Waals surface area (Å²) in [5, 5.41) is 17.8. The van der Waals surface area contributed by atoms with Crippen LogP contribution >= 0.6 is 11.6 Å². The molecule has 1 saturated carbocycles. The number of fused-ring (bicyclic) bond motifs is 1. The summed E-state index contributed by atoms with van der Waals surface area (Å²) in [5.41, 5.74) is 1.12. The lowest BCUT2D eigenvalue weighted by Crippen LogP contribution is -2.48. The number of halogens is 4. The number of amides is 1. The Balaban J connectivity index is 1.69. The number of carbonyl (C=O) groups excluding carboxylic acids is 1. The van der Waals surface area contributed by atoms with E-state index in [1.54, 1.807) is 37.4 Å². The Bertz CT molecular complexity index is 1560. The summed E-state index contributed by atoms with van der Waals surface area (Å²) >= 11 is 6.48. The third kappa shape index (κ3) is 4.61. The van der Waals surface area contributed by atoms with Crippen molar-refractivity contribution in [2.75, 3.05) is 0 Å². The molecule has 1 N–H and O–H groups in total. The van der Waals surface area contributed by atoms with E-state index in [1.165, 1.54) is 16.6 Å². The van der Waals surface area contributed by atoms with Crippen molar-refractivity contribution in [1.82, 2.24) is 19.9 Å². The second-order valence-corrected chi connectivity index (χ2v) is 9.89. The van der Waals surface area contributed by atoms with E-state index in [-0.39, 0.29) is 11.2 Å². The van der Waals surface area contributed by atoms with Crippen LogP contribution in [0.2, 0.25) is 5.02 Å². The molecule has 0 atom stereocenters. The van der Waals surface area contributed by atoms with Crippen LogP contribution in [0.3, 0.4) is 0 Å². The number of aryl methyl sites for hydroxylation is 1. The molecule has 1 aliphatic rings. The molecule has 4 aromatic rings. The third-order valence-electron chi connectivity index (χ3n) is 6.97. The first kappa shape index (κ1) is 25.7. The number of carbonyl (C=O) groups is 1. The van der Waals surface area contributed by atoms with Crippen molar-refractivity contribution in [3.8, 4) is 28.5 Å². The van der Waals surface area contributed by atoms with Gasteiger partial charge in [-0.25, -0.2) is 9.50 Å².